The van der Waals surface area contributed by atoms with Gasteiger partial charge in [0.15, 0.2) is 21.9 Å². The van der Waals surface area contributed by atoms with Gasteiger partial charge in [-0.15, -0.1) is 12.4 Å². The van der Waals surface area contributed by atoms with E-state index in [1.54, 1.807) is 36.4 Å². The number of hydrogen-bond donors (Lipinski definition) is 6. The number of carbonyl (C=O) groups is 4. The van der Waals surface area contributed by atoms with E-state index in [4.69, 9.17) is 52.1 Å². The Morgan fingerprint density at radius 1 is 0.598 bits per heavy atom. The Labute approximate surface area is 564 Å². The lowest BCUT2D eigenvalue weighted by atomic mass is 9.51. The topological polar surface area (TPSA) is 273 Å². The third-order valence-corrected chi connectivity index (χ3v) is 25.6. The highest BCUT2D eigenvalue weighted by Gasteiger charge is 2.74. The molecule has 4 spiro atoms. The molecule has 8 aliphatic rings. The molecule has 504 valence electrons. The molecule has 12 rings (SSSR count). The SMILES string of the molecule is CC1(C)CCC2(CC1)C[C@@H](C(=O)CC1CCC(O)(CS(C)(=O)=O)CC1)[C@H](c1ccnc(Cl)c1F)[C@]21C(=O)Nc2cc(Cl)ccc21.CC1(C)CCC2(CC1)C[C@@H](C(=O)O)[C@H](c1ccnc(Cl)c1F)C21C(=O)Nc2cc(Cl)ccc21.CS(=O)(=O)CC1(O)CCC(N)CC1.Cl. The molecule has 2 aliphatic heterocycles. The summed E-state index contributed by atoms with van der Waals surface area (Å²) in [5.74, 6) is -6.94. The lowest BCUT2D eigenvalue weighted by Crippen LogP contribution is -2.52. The molecular formula is C67H84Cl5F2N5O11S2. The van der Waals surface area contributed by atoms with Crippen molar-refractivity contribution in [3.63, 3.8) is 0 Å². The van der Waals surface area contributed by atoms with Gasteiger partial charge >= 0.3 is 5.97 Å². The maximum absolute atomic E-state index is 16.1. The van der Waals surface area contributed by atoms with Gasteiger partial charge in [0, 0.05) is 76.5 Å². The summed E-state index contributed by atoms with van der Waals surface area (Å²) >= 11 is 24.9. The van der Waals surface area contributed by atoms with Crippen LogP contribution in [-0.2, 0) is 49.7 Å². The number of sulfone groups is 2. The minimum absolute atomic E-state index is 0. The Morgan fingerprint density at radius 2 is 0.967 bits per heavy atom. The lowest BCUT2D eigenvalue weighted by Gasteiger charge is -2.51. The van der Waals surface area contributed by atoms with Gasteiger partial charge in [-0.1, -0.05) is 86.2 Å². The van der Waals surface area contributed by atoms with E-state index in [1.165, 1.54) is 18.5 Å². The number of hydrogen-bond acceptors (Lipinski definition) is 13. The van der Waals surface area contributed by atoms with Crippen LogP contribution in [0.5, 0.6) is 0 Å². The summed E-state index contributed by atoms with van der Waals surface area (Å²) in [5, 5.41) is 37.5. The van der Waals surface area contributed by atoms with Crippen LogP contribution in [0, 0.1) is 51.0 Å². The third kappa shape index (κ3) is 13.5. The fraction of sp³-hybridized carbons (Fsp3) is 0.612. The van der Waals surface area contributed by atoms with Crippen LogP contribution < -0.4 is 16.4 Å². The van der Waals surface area contributed by atoms with Crippen LogP contribution in [0.4, 0.5) is 20.2 Å². The standard InChI is InChI=1S/C34H41Cl2FN2O5S.C25H25Cl2FN2O3.C8H17NO3S.ClH/c1-31(2)11-13-32(14-12-31)18-23(26(40)16-20-6-9-33(42,10-7-20)19-45(3,43)44)27(22-8-15-38-29(36)28(22)37)34(32)24-5-4-21(35)17-25(24)39-30(34)41;1-23(2)6-8-24(9-7-23)12-15(21(31)32)18(14-5-10-29-20(27)19(14)28)25(24)16-4-3-13(26)11-17(16)30-22(25)33;1-13(11,12)6-8(10)4-2-7(9)3-5-8;/h4-5,8,15,17,20,23,27,42H,6-7,9-14,16,18-19H2,1-3H3,(H,39,41);3-5,10-11,15,18H,6-9,12H2,1-2H3,(H,30,33)(H,31,32);7,10H,2-6,9H2,1H3;1H/t20?,23-,27-,33?,34+;15-,18+,25?;;/m01../s1. The van der Waals surface area contributed by atoms with Gasteiger partial charge < -0.3 is 31.7 Å². The largest absolute Gasteiger partial charge is 0.481 e. The molecule has 6 atom stereocenters. The second-order valence-corrected chi connectivity index (χ2v) is 35.6. The number of aromatic nitrogens is 2. The number of carbonyl (C=O) groups excluding carboxylic acids is 3. The van der Waals surface area contributed by atoms with Gasteiger partial charge in [-0.2, -0.15) is 0 Å². The molecule has 16 nitrogen and oxygen atoms in total. The number of nitrogens with one attached hydrogen (secondary N) is 2. The maximum atomic E-state index is 16.1. The van der Waals surface area contributed by atoms with E-state index in [9.17, 15) is 51.3 Å². The number of amides is 2. The van der Waals surface area contributed by atoms with Crippen molar-refractivity contribution < 1.29 is 60.1 Å². The number of carboxylic acids is 1. The van der Waals surface area contributed by atoms with Gasteiger partial charge in [-0.25, -0.2) is 35.6 Å². The maximum Gasteiger partial charge on any atom is 0.307 e. The van der Waals surface area contributed by atoms with Crippen molar-refractivity contribution in [1.29, 1.82) is 0 Å². The summed E-state index contributed by atoms with van der Waals surface area (Å²) in [6.45, 7) is 8.83. The van der Waals surface area contributed by atoms with Gasteiger partial charge in [-0.3, -0.25) is 19.2 Å². The number of halogens is 7. The summed E-state index contributed by atoms with van der Waals surface area (Å²) in [6.07, 6.45) is 16.2. The summed E-state index contributed by atoms with van der Waals surface area (Å²) in [7, 11) is -6.46. The van der Waals surface area contributed by atoms with Crippen molar-refractivity contribution in [2.45, 2.75) is 190 Å². The number of fused-ring (bicyclic) bond motifs is 6. The number of nitrogens with zero attached hydrogens (tertiary/aromatic N) is 2. The molecule has 2 aromatic heterocycles. The summed E-state index contributed by atoms with van der Waals surface area (Å²) in [6, 6.07) is 13.7. The number of carboxylic acid groups (broad SMARTS) is 1. The van der Waals surface area contributed by atoms with Crippen LogP contribution in [0.3, 0.4) is 0 Å². The van der Waals surface area contributed by atoms with Crippen LogP contribution >= 0.6 is 58.8 Å². The molecule has 6 saturated carbocycles. The van der Waals surface area contributed by atoms with Gasteiger partial charge in [0.1, 0.15) is 25.5 Å². The van der Waals surface area contributed by atoms with Crippen molar-refractivity contribution >= 4 is 113 Å². The molecule has 6 aliphatic carbocycles. The highest BCUT2D eigenvalue weighted by Crippen LogP contribution is 2.74. The molecule has 0 bridgehead atoms. The van der Waals surface area contributed by atoms with Crippen molar-refractivity contribution in [3.05, 3.63) is 115 Å². The van der Waals surface area contributed by atoms with Crippen LogP contribution in [0.15, 0.2) is 60.9 Å². The molecule has 1 unspecified atom stereocenters. The molecule has 4 aromatic rings. The van der Waals surface area contributed by atoms with Crippen molar-refractivity contribution in [2.24, 2.45) is 45.1 Å². The minimum Gasteiger partial charge on any atom is -0.481 e. The van der Waals surface area contributed by atoms with Crippen molar-refractivity contribution in [3.8, 4) is 0 Å². The second kappa shape index (κ2) is 26.1. The molecule has 7 N–H and O–H groups in total. The average Bonchev–Trinajstić information content (AvgIpc) is 1.51. The first-order valence-corrected chi connectivity index (χ1v) is 37.1. The smallest absolute Gasteiger partial charge is 0.307 e. The van der Waals surface area contributed by atoms with Gasteiger partial charge in [0.05, 0.1) is 39.5 Å². The molecule has 4 heterocycles. The number of Topliss-reactive ketones (excluding diaryl/α,β-unsaturated/α-hetero) is 1. The van der Waals surface area contributed by atoms with Gasteiger partial charge in [0.25, 0.3) is 0 Å². The van der Waals surface area contributed by atoms with Crippen molar-refractivity contribution in [1.82, 2.24) is 9.97 Å². The fourth-order valence-corrected chi connectivity index (χ4v) is 21.2. The van der Waals surface area contributed by atoms with E-state index < -0.39 is 93.8 Å². The molecule has 92 heavy (non-hydrogen) atoms. The first kappa shape index (κ1) is 72.2. The number of nitrogens with two attached hydrogens (primary N) is 1. The van der Waals surface area contributed by atoms with Crippen LogP contribution in [-0.4, -0.2) is 107 Å². The normalized spacial score (nSPS) is 31.3. The molecule has 2 aromatic carbocycles. The number of aliphatic hydroxyl groups is 2. The van der Waals surface area contributed by atoms with E-state index in [2.05, 4.69) is 48.3 Å². The second-order valence-electron chi connectivity index (χ2n) is 29.8. The number of ketones is 1. The first-order chi connectivity index (χ1) is 42.3. The number of rotatable bonds is 10. The Morgan fingerprint density at radius 3 is 1.35 bits per heavy atom. The zero-order valence-electron chi connectivity index (χ0n) is 52.7. The summed E-state index contributed by atoms with van der Waals surface area (Å²) < 4.78 is 77.3. The molecular weight excluding hydrogens is 1330 g/mol. The first-order valence-electron chi connectivity index (χ1n) is 31.5. The Balaban J connectivity index is 0.000000186. The summed E-state index contributed by atoms with van der Waals surface area (Å²) in [5.41, 5.74) is 2.71. The Hall–Kier alpha value is -4.09. The van der Waals surface area contributed by atoms with Crippen LogP contribution in [0.2, 0.25) is 20.4 Å². The highest BCUT2D eigenvalue weighted by atomic mass is 35.5. The van der Waals surface area contributed by atoms with E-state index in [0.717, 1.165) is 43.8 Å². The predicted octanol–water partition coefficient (Wildman–Crippen LogP) is 13.3. The highest BCUT2D eigenvalue weighted by molar-refractivity contribution is 7.91. The minimum atomic E-state index is -3.37. The van der Waals surface area contributed by atoms with Gasteiger partial charge in [-0.05, 0) is 202 Å². The van der Waals surface area contributed by atoms with E-state index >= 15 is 8.78 Å². The molecule has 0 radical (unpaired) electrons. The van der Waals surface area contributed by atoms with Gasteiger partial charge in [0.2, 0.25) is 11.8 Å². The van der Waals surface area contributed by atoms with Crippen LogP contribution in [0.25, 0.3) is 0 Å². The van der Waals surface area contributed by atoms with E-state index in [0.29, 0.717) is 110 Å². The molecule has 0 saturated heterocycles. The third-order valence-electron chi connectivity index (χ3n) is 22.5. The number of aliphatic carboxylic acids is 1. The zero-order valence-corrected chi connectivity index (χ0v) is 58.1. The Bertz CT molecular complexity index is 3770. The van der Waals surface area contributed by atoms with Crippen molar-refractivity contribution in [2.75, 3.05) is 34.7 Å². The quantitative estimate of drug-likeness (QED) is 0.0806. The fourth-order valence-electron chi connectivity index (χ4n) is 18.0. The van der Waals surface area contributed by atoms with Crippen LogP contribution in [0.1, 0.15) is 184 Å². The number of anilines is 2. The summed E-state index contributed by atoms with van der Waals surface area (Å²) in [4.78, 5) is 63.6. The number of pyridine rings is 2. The predicted molar refractivity (Wildman–Crippen MR) is 355 cm³/mol. The average molecular weight is 1410 g/mol. The molecule has 25 heteroatoms. The van der Waals surface area contributed by atoms with E-state index in [1.807, 2.05) is 6.07 Å². The monoisotopic (exact) mass is 1410 g/mol. The lowest BCUT2D eigenvalue weighted by molar-refractivity contribution is -0.142. The molecule has 6 fully saturated rings. The van der Waals surface area contributed by atoms with E-state index in [-0.39, 0.29) is 98.6 Å². The Kier molecular flexibility index (Phi) is 20.4. The zero-order chi connectivity index (χ0) is 66.5. The number of benzene rings is 2. The molecule has 2 amide bonds.